The highest BCUT2D eigenvalue weighted by Crippen LogP contribution is 2.19. The molecule has 0 spiro atoms. The quantitative estimate of drug-likeness (QED) is 0.717. The molecular formula is C11H10BrN. The van der Waals surface area contributed by atoms with E-state index in [1.807, 2.05) is 31.2 Å². The summed E-state index contributed by atoms with van der Waals surface area (Å²) in [4.78, 5) is 0. The van der Waals surface area contributed by atoms with E-state index in [4.69, 9.17) is 5.26 Å². The molecule has 1 aromatic rings. The minimum absolute atomic E-state index is 0.884. The molecule has 0 saturated carbocycles. The lowest BCUT2D eigenvalue weighted by Gasteiger charge is -2.02. The molecule has 0 saturated heterocycles. The van der Waals surface area contributed by atoms with E-state index in [1.54, 1.807) is 6.08 Å². The molecule has 1 aromatic carbocycles. The van der Waals surface area contributed by atoms with Crippen molar-refractivity contribution in [2.24, 2.45) is 0 Å². The fourth-order valence-corrected chi connectivity index (χ4v) is 1.40. The first-order chi connectivity index (χ1) is 6.27. The molecule has 0 radical (unpaired) electrons. The number of allylic oxidation sites excluding steroid dienone is 2. The Morgan fingerprint density at radius 3 is 2.54 bits per heavy atom. The minimum Gasteiger partial charge on any atom is -0.193 e. The van der Waals surface area contributed by atoms with Crippen molar-refractivity contribution in [3.63, 3.8) is 0 Å². The monoisotopic (exact) mass is 235 g/mol. The minimum atomic E-state index is 0.884. The Bertz CT molecular complexity index is 343. The van der Waals surface area contributed by atoms with E-state index < -0.39 is 0 Å². The van der Waals surface area contributed by atoms with Gasteiger partial charge in [-0.05, 0) is 29.7 Å². The lowest BCUT2D eigenvalue weighted by atomic mass is 10.0. The topological polar surface area (TPSA) is 23.8 Å². The Hall–Kier alpha value is -1.07. The van der Waals surface area contributed by atoms with Crippen molar-refractivity contribution in [2.75, 3.05) is 0 Å². The molecule has 0 heterocycles. The van der Waals surface area contributed by atoms with Gasteiger partial charge in [0.1, 0.15) is 0 Å². The van der Waals surface area contributed by atoms with E-state index >= 15 is 0 Å². The summed E-state index contributed by atoms with van der Waals surface area (Å²) in [6.45, 7) is 2.05. The smallest absolute Gasteiger partial charge is 0.0915 e. The molecule has 13 heavy (non-hydrogen) atoms. The third-order valence-electron chi connectivity index (χ3n) is 1.83. The summed E-state index contributed by atoms with van der Waals surface area (Å²) in [5.74, 6) is 0. The van der Waals surface area contributed by atoms with Crippen LogP contribution in [-0.4, -0.2) is 0 Å². The van der Waals surface area contributed by atoms with E-state index in [0.29, 0.717) is 0 Å². The summed E-state index contributed by atoms with van der Waals surface area (Å²) < 4.78 is 1.06. The van der Waals surface area contributed by atoms with Gasteiger partial charge in [0.05, 0.1) is 6.07 Å². The van der Waals surface area contributed by atoms with Gasteiger partial charge in [0, 0.05) is 10.5 Å². The predicted molar refractivity (Wildman–Crippen MR) is 58.0 cm³/mol. The number of nitrogens with zero attached hydrogens (tertiary/aromatic N) is 1. The average Bonchev–Trinajstić information content (AvgIpc) is 2.16. The van der Waals surface area contributed by atoms with E-state index in [-0.39, 0.29) is 0 Å². The van der Waals surface area contributed by atoms with Crippen LogP contribution in [0.2, 0.25) is 0 Å². The maximum Gasteiger partial charge on any atom is 0.0915 e. The predicted octanol–water partition coefficient (Wildman–Crippen LogP) is 3.77. The Morgan fingerprint density at radius 2 is 2.08 bits per heavy atom. The maximum absolute atomic E-state index is 8.55. The number of nitriles is 1. The second-order valence-corrected chi connectivity index (χ2v) is 3.57. The fourth-order valence-electron chi connectivity index (χ4n) is 1.13. The van der Waals surface area contributed by atoms with Crippen molar-refractivity contribution in [3.8, 4) is 6.07 Å². The molecule has 0 N–H and O–H groups in total. The number of hydrogen-bond donors (Lipinski definition) is 0. The van der Waals surface area contributed by atoms with Crippen molar-refractivity contribution in [1.82, 2.24) is 0 Å². The zero-order valence-corrected chi connectivity index (χ0v) is 9.01. The van der Waals surface area contributed by atoms with Gasteiger partial charge in [-0.1, -0.05) is 35.0 Å². The summed E-state index contributed by atoms with van der Waals surface area (Å²) in [6.07, 6.45) is 2.48. The maximum atomic E-state index is 8.55. The molecule has 0 aliphatic heterocycles. The van der Waals surface area contributed by atoms with Gasteiger partial charge in [0.25, 0.3) is 0 Å². The Balaban J connectivity index is 3.01. The molecular weight excluding hydrogens is 226 g/mol. The molecule has 66 valence electrons. The van der Waals surface area contributed by atoms with Gasteiger partial charge in [-0.25, -0.2) is 0 Å². The SMILES string of the molecule is CCC(=CC#N)c1ccc(Br)cc1. The van der Waals surface area contributed by atoms with Crippen LogP contribution in [0.25, 0.3) is 5.57 Å². The third-order valence-corrected chi connectivity index (χ3v) is 2.36. The van der Waals surface area contributed by atoms with Crippen LogP contribution in [0.1, 0.15) is 18.9 Å². The van der Waals surface area contributed by atoms with Gasteiger partial charge in [0.15, 0.2) is 0 Å². The molecule has 0 aliphatic carbocycles. The van der Waals surface area contributed by atoms with Gasteiger partial charge in [-0.3, -0.25) is 0 Å². The van der Waals surface area contributed by atoms with Gasteiger partial charge in [0.2, 0.25) is 0 Å². The first kappa shape index (κ1) is 10.0. The van der Waals surface area contributed by atoms with Gasteiger partial charge < -0.3 is 0 Å². The Kier molecular flexibility index (Phi) is 3.72. The molecule has 0 aliphatic rings. The summed E-state index contributed by atoms with van der Waals surface area (Å²) in [6, 6.07) is 10.0. The number of rotatable bonds is 2. The van der Waals surface area contributed by atoms with Crippen molar-refractivity contribution >= 4 is 21.5 Å². The second kappa shape index (κ2) is 4.84. The number of benzene rings is 1. The summed E-state index contributed by atoms with van der Waals surface area (Å²) in [5, 5.41) is 8.55. The molecule has 1 nitrogen and oxygen atoms in total. The first-order valence-electron chi connectivity index (χ1n) is 4.12. The van der Waals surface area contributed by atoms with Crippen molar-refractivity contribution < 1.29 is 0 Å². The first-order valence-corrected chi connectivity index (χ1v) is 4.91. The summed E-state index contributed by atoms with van der Waals surface area (Å²) >= 11 is 3.37. The van der Waals surface area contributed by atoms with E-state index in [9.17, 15) is 0 Å². The van der Waals surface area contributed by atoms with Gasteiger partial charge >= 0.3 is 0 Å². The summed E-state index contributed by atoms with van der Waals surface area (Å²) in [7, 11) is 0. The fraction of sp³-hybridized carbons (Fsp3) is 0.182. The molecule has 0 atom stereocenters. The van der Waals surface area contributed by atoms with Crippen molar-refractivity contribution in [3.05, 3.63) is 40.4 Å². The standard InChI is InChI=1S/C11H10BrN/c1-2-9(7-8-13)10-3-5-11(12)6-4-10/h3-7H,2H2,1H3. The number of hydrogen-bond acceptors (Lipinski definition) is 1. The lowest BCUT2D eigenvalue weighted by Crippen LogP contribution is -1.81. The molecule has 2 heteroatoms. The van der Waals surface area contributed by atoms with Crippen LogP contribution in [0, 0.1) is 11.3 Å². The van der Waals surface area contributed by atoms with Crippen LogP contribution < -0.4 is 0 Å². The van der Waals surface area contributed by atoms with E-state index in [2.05, 4.69) is 22.0 Å². The average molecular weight is 236 g/mol. The zero-order chi connectivity index (χ0) is 9.68. The van der Waals surface area contributed by atoms with Crippen LogP contribution >= 0.6 is 15.9 Å². The zero-order valence-electron chi connectivity index (χ0n) is 7.42. The lowest BCUT2D eigenvalue weighted by molar-refractivity contribution is 1.24. The summed E-state index contributed by atoms with van der Waals surface area (Å²) in [5.41, 5.74) is 2.20. The van der Waals surface area contributed by atoms with Crippen LogP contribution in [0.5, 0.6) is 0 Å². The molecule has 0 aromatic heterocycles. The van der Waals surface area contributed by atoms with Crippen LogP contribution in [0.3, 0.4) is 0 Å². The van der Waals surface area contributed by atoms with Gasteiger partial charge in [-0.2, -0.15) is 5.26 Å². The Labute approximate surface area is 86.8 Å². The van der Waals surface area contributed by atoms with Crippen molar-refractivity contribution in [1.29, 1.82) is 5.26 Å². The van der Waals surface area contributed by atoms with Crippen molar-refractivity contribution in [2.45, 2.75) is 13.3 Å². The number of halogens is 1. The molecule has 0 bridgehead atoms. The highest BCUT2D eigenvalue weighted by atomic mass is 79.9. The molecule has 0 fully saturated rings. The molecule has 0 amide bonds. The molecule has 0 unspecified atom stereocenters. The highest BCUT2D eigenvalue weighted by Gasteiger charge is 1.97. The second-order valence-electron chi connectivity index (χ2n) is 2.66. The van der Waals surface area contributed by atoms with E-state index in [0.717, 1.165) is 22.0 Å². The largest absolute Gasteiger partial charge is 0.193 e. The Morgan fingerprint density at radius 1 is 1.46 bits per heavy atom. The molecule has 1 rings (SSSR count). The highest BCUT2D eigenvalue weighted by molar-refractivity contribution is 9.10. The normalized spacial score (nSPS) is 11.0. The van der Waals surface area contributed by atoms with Crippen LogP contribution in [-0.2, 0) is 0 Å². The third kappa shape index (κ3) is 2.71. The van der Waals surface area contributed by atoms with E-state index in [1.165, 1.54) is 0 Å². The van der Waals surface area contributed by atoms with Crippen LogP contribution in [0.15, 0.2) is 34.8 Å². The van der Waals surface area contributed by atoms with Gasteiger partial charge in [-0.15, -0.1) is 0 Å². The van der Waals surface area contributed by atoms with Crippen LogP contribution in [0.4, 0.5) is 0 Å².